The maximum Gasteiger partial charge on any atom is 0.0887 e. The minimum Gasteiger partial charge on any atom is -0.372 e. The highest BCUT2D eigenvalue weighted by molar-refractivity contribution is 4.99. The molecule has 0 N–H and O–H groups in total. The summed E-state index contributed by atoms with van der Waals surface area (Å²) in [6, 6.07) is 0. The maximum atomic E-state index is 5.96. The Labute approximate surface area is 74.2 Å². The maximum absolute atomic E-state index is 5.96. The average molecular weight is 170 g/mol. The van der Waals surface area contributed by atoms with Crippen molar-refractivity contribution in [1.29, 1.82) is 0 Å². The fourth-order valence-corrected chi connectivity index (χ4v) is 2.16. The smallest absolute Gasteiger partial charge is 0.0887 e. The summed E-state index contributed by atoms with van der Waals surface area (Å²) in [6.45, 7) is 9.44. The highest BCUT2D eigenvalue weighted by atomic mass is 16.6. The monoisotopic (exact) mass is 170 g/mol. The van der Waals surface area contributed by atoms with Gasteiger partial charge in [0.15, 0.2) is 0 Å². The van der Waals surface area contributed by atoms with E-state index in [1.54, 1.807) is 0 Å². The predicted molar refractivity (Wildman–Crippen MR) is 47.1 cm³/mol. The molecule has 0 radical (unpaired) electrons. The Morgan fingerprint density at radius 1 is 1.08 bits per heavy atom. The molecule has 2 heterocycles. The van der Waals surface area contributed by atoms with Crippen molar-refractivity contribution >= 4 is 0 Å². The van der Waals surface area contributed by atoms with Gasteiger partial charge in [-0.3, -0.25) is 0 Å². The summed E-state index contributed by atoms with van der Waals surface area (Å²) in [5.74, 6) is 0.593. The Bertz CT molecular complexity index is 194. The molecule has 2 unspecified atom stereocenters. The highest BCUT2D eigenvalue weighted by Crippen LogP contribution is 2.45. The van der Waals surface area contributed by atoms with Crippen molar-refractivity contribution in [3.05, 3.63) is 0 Å². The molecule has 70 valence electrons. The molecule has 0 saturated carbocycles. The van der Waals surface area contributed by atoms with Gasteiger partial charge in [0.2, 0.25) is 0 Å². The molecular formula is C10H18O2. The Balaban J connectivity index is 2.21. The van der Waals surface area contributed by atoms with Gasteiger partial charge >= 0.3 is 0 Å². The lowest BCUT2D eigenvalue weighted by Crippen LogP contribution is -2.42. The summed E-state index contributed by atoms with van der Waals surface area (Å²) in [4.78, 5) is 0. The molecular weight excluding hydrogens is 152 g/mol. The van der Waals surface area contributed by atoms with Gasteiger partial charge in [-0.1, -0.05) is 0 Å². The first-order valence-corrected chi connectivity index (χ1v) is 4.73. The molecule has 0 aromatic rings. The van der Waals surface area contributed by atoms with Gasteiger partial charge in [0.05, 0.1) is 23.9 Å². The van der Waals surface area contributed by atoms with Crippen molar-refractivity contribution in [3.8, 4) is 0 Å². The molecule has 2 aliphatic rings. The van der Waals surface area contributed by atoms with Crippen LogP contribution in [0.3, 0.4) is 0 Å². The molecule has 2 fully saturated rings. The zero-order valence-electron chi connectivity index (χ0n) is 8.39. The first-order valence-electron chi connectivity index (χ1n) is 4.73. The molecule has 2 rings (SSSR count). The fourth-order valence-electron chi connectivity index (χ4n) is 2.16. The van der Waals surface area contributed by atoms with Crippen LogP contribution in [0.4, 0.5) is 0 Å². The number of rotatable bonds is 0. The first kappa shape index (κ1) is 8.52. The SMILES string of the molecule is CC1(C)OC2CC1COC2(C)C. The largest absolute Gasteiger partial charge is 0.372 e. The molecule has 2 heteroatoms. The van der Waals surface area contributed by atoms with E-state index >= 15 is 0 Å². The number of fused-ring (bicyclic) bond motifs is 2. The second-order valence-corrected chi connectivity index (χ2v) is 5.06. The van der Waals surface area contributed by atoms with Gasteiger partial charge < -0.3 is 9.47 Å². The van der Waals surface area contributed by atoms with Gasteiger partial charge in [-0.2, -0.15) is 0 Å². The molecule has 0 spiro atoms. The Kier molecular flexibility index (Phi) is 1.59. The van der Waals surface area contributed by atoms with Crippen molar-refractivity contribution in [2.75, 3.05) is 6.61 Å². The van der Waals surface area contributed by atoms with Gasteiger partial charge in [0, 0.05) is 5.92 Å². The van der Waals surface area contributed by atoms with Gasteiger partial charge in [-0.05, 0) is 34.1 Å². The molecule has 12 heavy (non-hydrogen) atoms. The molecule has 2 aliphatic heterocycles. The van der Waals surface area contributed by atoms with Crippen LogP contribution in [0.25, 0.3) is 0 Å². The zero-order chi connectivity index (χ0) is 8.98. The molecule has 2 saturated heterocycles. The van der Waals surface area contributed by atoms with Gasteiger partial charge in [0.1, 0.15) is 0 Å². The minimum atomic E-state index is -0.0791. The van der Waals surface area contributed by atoms with Gasteiger partial charge in [-0.25, -0.2) is 0 Å². The van der Waals surface area contributed by atoms with Crippen LogP contribution in [-0.2, 0) is 9.47 Å². The number of hydrogen-bond acceptors (Lipinski definition) is 2. The highest BCUT2D eigenvalue weighted by Gasteiger charge is 2.51. The number of hydrogen-bond donors (Lipinski definition) is 0. The van der Waals surface area contributed by atoms with Crippen LogP contribution >= 0.6 is 0 Å². The second-order valence-electron chi connectivity index (χ2n) is 5.06. The van der Waals surface area contributed by atoms with Gasteiger partial charge in [-0.15, -0.1) is 0 Å². The van der Waals surface area contributed by atoms with E-state index in [2.05, 4.69) is 27.7 Å². The summed E-state index contributed by atoms with van der Waals surface area (Å²) in [5, 5.41) is 0. The Hall–Kier alpha value is -0.0800. The summed E-state index contributed by atoms with van der Waals surface area (Å²) < 4.78 is 11.7. The molecule has 2 bridgehead atoms. The first-order chi connectivity index (χ1) is 5.42. The third-order valence-electron chi connectivity index (χ3n) is 3.36. The third-order valence-corrected chi connectivity index (χ3v) is 3.36. The molecule has 0 aromatic heterocycles. The lowest BCUT2D eigenvalue weighted by atomic mass is 9.85. The van der Waals surface area contributed by atoms with Crippen molar-refractivity contribution in [1.82, 2.24) is 0 Å². The van der Waals surface area contributed by atoms with E-state index < -0.39 is 0 Å². The summed E-state index contributed by atoms with van der Waals surface area (Å²) in [7, 11) is 0. The van der Waals surface area contributed by atoms with E-state index in [9.17, 15) is 0 Å². The lowest BCUT2D eigenvalue weighted by Gasteiger charge is -2.34. The van der Waals surface area contributed by atoms with Crippen molar-refractivity contribution in [2.45, 2.75) is 51.4 Å². The molecule has 2 atom stereocenters. The van der Waals surface area contributed by atoms with Crippen LogP contribution in [-0.4, -0.2) is 23.9 Å². The van der Waals surface area contributed by atoms with Crippen molar-refractivity contribution in [2.24, 2.45) is 5.92 Å². The molecule has 2 nitrogen and oxygen atoms in total. The van der Waals surface area contributed by atoms with Crippen LogP contribution in [0.1, 0.15) is 34.1 Å². The van der Waals surface area contributed by atoms with Crippen LogP contribution in [0.15, 0.2) is 0 Å². The predicted octanol–water partition coefficient (Wildman–Crippen LogP) is 1.98. The van der Waals surface area contributed by atoms with E-state index in [4.69, 9.17) is 9.47 Å². The van der Waals surface area contributed by atoms with E-state index in [0.717, 1.165) is 6.61 Å². The second kappa shape index (κ2) is 2.24. The summed E-state index contributed by atoms with van der Waals surface area (Å²) in [5.41, 5.74) is -0.0529. The normalized spacial score (nSPS) is 43.0. The quantitative estimate of drug-likeness (QED) is 0.553. The molecule has 0 aromatic carbocycles. The molecule has 0 aliphatic carbocycles. The summed E-state index contributed by atoms with van der Waals surface area (Å²) >= 11 is 0. The summed E-state index contributed by atoms with van der Waals surface area (Å²) in [6.07, 6.45) is 1.46. The van der Waals surface area contributed by atoms with E-state index in [1.165, 1.54) is 6.42 Å². The zero-order valence-corrected chi connectivity index (χ0v) is 8.39. The van der Waals surface area contributed by atoms with Crippen molar-refractivity contribution in [3.63, 3.8) is 0 Å². The topological polar surface area (TPSA) is 18.5 Å². The van der Waals surface area contributed by atoms with Crippen LogP contribution in [0.5, 0.6) is 0 Å². The third kappa shape index (κ3) is 1.09. The van der Waals surface area contributed by atoms with Crippen LogP contribution in [0, 0.1) is 5.92 Å². The van der Waals surface area contributed by atoms with E-state index in [1.807, 2.05) is 0 Å². The number of ether oxygens (including phenoxy) is 2. The Morgan fingerprint density at radius 3 is 2.33 bits per heavy atom. The lowest BCUT2D eigenvalue weighted by molar-refractivity contribution is -0.123. The van der Waals surface area contributed by atoms with Crippen molar-refractivity contribution < 1.29 is 9.47 Å². The van der Waals surface area contributed by atoms with Crippen LogP contribution < -0.4 is 0 Å². The standard InChI is InChI=1S/C10H18O2/c1-9(2)7-5-8(12-9)10(3,4)11-6-7/h7-8H,5-6H2,1-4H3. The Morgan fingerprint density at radius 2 is 1.75 bits per heavy atom. The molecule has 0 amide bonds. The minimum absolute atomic E-state index is 0.0262. The van der Waals surface area contributed by atoms with E-state index in [-0.39, 0.29) is 11.2 Å². The average Bonchev–Trinajstić information content (AvgIpc) is 2.17. The van der Waals surface area contributed by atoms with E-state index in [0.29, 0.717) is 12.0 Å². The van der Waals surface area contributed by atoms with Crippen LogP contribution in [0.2, 0.25) is 0 Å². The fraction of sp³-hybridized carbons (Fsp3) is 1.00. The van der Waals surface area contributed by atoms with Gasteiger partial charge in [0.25, 0.3) is 0 Å².